The molecule has 0 spiro atoms. The van der Waals surface area contributed by atoms with Crippen LogP contribution in [0.4, 0.5) is 0 Å². The average Bonchev–Trinajstić information content (AvgIpc) is 2.41. The Bertz CT molecular complexity index is 391. The molecule has 0 amide bonds. The van der Waals surface area contributed by atoms with E-state index < -0.39 is 0 Å². The highest BCUT2D eigenvalue weighted by Crippen LogP contribution is 2.24. The summed E-state index contributed by atoms with van der Waals surface area (Å²) in [6, 6.07) is 8.66. The molecule has 0 radical (unpaired) electrons. The Balaban J connectivity index is 1.72. The highest BCUT2D eigenvalue weighted by atomic mass is 35.5. The molecule has 0 aromatic heterocycles. The molecule has 0 atom stereocenters. The number of likely N-dealkylation sites (N-methyl/N-ethyl adjacent to an activating group) is 1. The molecule has 1 fully saturated rings. The van der Waals surface area contributed by atoms with Gasteiger partial charge < -0.3 is 15.4 Å². The van der Waals surface area contributed by atoms with Crippen molar-refractivity contribution in [1.82, 2.24) is 4.90 Å². The molecule has 0 saturated heterocycles. The highest BCUT2D eigenvalue weighted by molar-refractivity contribution is 6.32. The molecule has 0 aliphatic heterocycles. The third kappa shape index (κ3) is 4.37. The molecule has 1 saturated carbocycles. The van der Waals surface area contributed by atoms with E-state index in [1.807, 2.05) is 24.3 Å². The van der Waals surface area contributed by atoms with Crippen LogP contribution in [0.5, 0.6) is 5.75 Å². The van der Waals surface area contributed by atoms with E-state index in [0.717, 1.165) is 25.1 Å². The minimum atomic E-state index is 0.407. The lowest BCUT2D eigenvalue weighted by Crippen LogP contribution is -2.40. The van der Waals surface area contributed by atoms with Crippen molar-refractivity contribution in [3.05, 3.63) is 29.3 Å². The predicted molar refractivity (Wildman–Crippen MR) is 79.8 cm³/mol. The first-order chi connectivity index (χ1) is 9.16. The number of benzene rings is 1. The summed E-state index contributed by atoms with van der Waals surface area (Å²) in [6.07, 6.45) is 4.67. The number of hydrogen-bond donors (Lipinski definition) is 1. The van der Waals surface area contributed by atoms with Crippen LogP contribution in [0.1, 0.15) is 25.7 Å². The second-order valence-corrected chi connectivity index (χ2v) is 5.74. The van der Waals surface area contributed by atoms with Gasteiger partial charge in [-0.05, 0) is 44.9 Å². The Labute approximate surface area is 120 Å². The molecule has 0 unspecified atom stereocenters. The number of para-hydroxylation sites is 1. The van der Waals surface area contributed by atoms with Gasteiger partial charge in [-0.15, -0.1) is 0 Å². The first-order valence-electron chi connectivity index (χ1n) is 7.00. The first-order valence-corrected chi connectivity index (χ1v) is 7.38. The molecular formula is C15H23ClN2O. The molecule has 1 aromatic rings. The van der Waals surface area contributed by atoms with E-state index in [1.54, 1.807) is 0 Å². The first kappa shape index (κ1) is 14.6. The van der Waals surface area contributed by atoms with Crippen LogP contribution in [-0.2, 0) is 0 Å². The predicted octanol–water partition coefficient (Wildman–Crippen LogP) is 2.92. The summed E-state index contributed by atoms with van der Waals surface area (Å²) >= 11 is 6.05. The molecule has 0 heterocycles. The zero-order chi connectivity index (χ0) is 13.7. The molecule has 2 rings (SSSR count). The third-order valence-electron chi connectivity index (χ3n) is 3.90. The lowest BCUT2D eigenvalue weighted by atomic mass is 9.91. The van der Waals surface area contributed by atoms with Gasteiger partial charge in [0.2, 0.25) is 0 Å². The maximum atomic E-state index is 6.05. The fraction of sp³-hybridized carbons (Fsp3) is 0.600. The number of nitrogens with two attached hydrogens (primary N) is 1. The van der Waals surface area contributed by atoms with Gasteiger partial charge in [-0.1, -0.05) is 23.7 Å². The summed E-state index contributed by atoms with van der Waals surface area (Å²) in [6.45, 7) is 1.59. The number of nitrogens with zero attached hydrogens (tertiary/aromatic N) is 1. The van der Waals surface area contributed by atoms with Crippen molar-refractivity contribution in [3.8, 4) is 5.75 Å². The Morgan fingerprint density at radius 1 is 1.26 bits per heavy atom. The van der Waals surface area contributed by atoms with Crippen LogP contribution in [0.2, 0.25) is 5.02 Å². The van der Waals surface area contributed by atoms with Crippen LogP contribution >= 0.6 is 11.6 Å². The smallest absolute Gasteiger partial charge is 0.137 e. The van der Waals surface area contributed by atoms with Gasteiger partial charge in [-0.2, -0.15) is 0 Å². The monoisotopic (exact) mass is 282 g/mol. The van der Waals surface area contributed by atoms with E-state index in [-0.39, 0.29) is 0 Å². The fourth-order valence-corrected chi connectivity index (χ4v) is 2.78. The maximum absolute atomic E-state index is 6.05. The van der Waals surface area contributed by atoms with Crippen molar-refractivity contribution in [2.75, 3.05) is 20.2 Å². The van der Waals surface area contributed by atoms with Crippen LogP contribution in [0.3, 0.4) is 0 Å². The van der Waals surface area contributed by atoms with E-state index in [9.17, 15) is 0 Å². The Kier molecular flexibility index (Phi) is 5.49. The number of ether oxygens (including phenoxy) is 1. The maximum Gasteiger partial charge on any atom is 0.137 e. The van der Waals surface area contributed by atoms with Gasteiger partial charge in [0.1, 0.15) is 12.4 Å². The summed E-state index contributed by atoms with van der Waals surface area (Å²) in [7, 11) is 2.16. The number of hydrogen-bond acceptors (Lipinski definition) is 3. The van der Waals surface area contributed by atoms with E-state index in [2.05, 4.69) is 11.9 Å². The lowest BCUT2D eigenvalue weighted by Gasteiger charge is -2.33. The average molecular weight is 283 g/mol. The minimum absolute atomic E-state index is 0.407. The van der Waals surface area contributed by atoms with Gasteiger partial charge in [0.25, 0.3) is 0 Å². The summed E-state index contributed by atoms with van der Waals surface area (Å²) in [4.78, 5) is 2.38. The Morgan fingerprint density at radius 2 is 1.95 bits per heavy atom. The molecule has 106 valence electrons. The lowest BCUT2D eigenvalue weighted by molar-refractivity contribution is 0.154. The van der Waals surface area contributed by atoms with E-state index in [1.165, 1.54) is 12.8 Å². The van der Waals surface area contributed by atoms with Gasteiger partial charge in [0.05, 0.1) is 5.02 Å². The molecule has 3 nitrogen and oxygen atoms in total. The third-order valence-corrected chi connectivity index (χ3v) is 4.22. The SMILES string of the molecule is CN(CCOc1ccccc1Cl)C1CCC(N)CC1. The molecule has 0 bridgehead atoms. The van der Waals surface area contributed by atoms with Gasteiger partial charge in [0.15, 0.2) is 0 Å². The van der Waals surface area contributed by atoms with Crippen molar-refractivity contribution in [2.24, 2.45) is 5.73 Å². The molecule has 4 heteroatoms. The molecule has 1 aliphatic carbocycles. The van der Waals surface area contributed by atoms with Gasteiger partial charge >= 0.3 is 0 Å². The Morgan fingerprint density at radius 3 is 2.63 bits per heavy atom. The van der Waals surface area contributed by atoms with Gasteiger partial charge in [-0.3, -0.25) is 0 Å². The zero-order valence-electron chi connectivity index (χ0n) is 11.5. The van der Waals surface area contributed by atoms with Gasteiger partial charge in [0, 0.05) is 18.6 Å². The summed E-state index contributed by atoms with van der Waals surface area (Å²) in [5.74, 6) is 0.767. The molecule has 1 aromatic carbocycles. The number of halogens is 1. The van der Waals surface area contributed by atoms with E-state index >= 15 is 0 Å². The molecule has 2 N–H and O–H groups in total. The zero-order valence-corrected chi connectivity index (χ0v) is 12.3. The summed E-state index contributed by atoms with van der Waals surface area (Å²) in [5, 5.41) is 0.675. The van der Waals surface area contributed by atoms with Crippen molar-refractivity contribution in [2.45, 2.75) is 37.8 Å². The molecule has 1 aliphatic rings. The second kappa shape index (κ2) is 7.13. The fourth-order valence-electron chi connectivity index (χ4n) is 2.59. The Hall–Kier alpha value is -0.770. The topological polar surface area (TPSA) is 38.5 Å². The van der Waals surface area contributed by atoms with Crippen molar-refractivity contribution >= 4 is 11.6 Å². The summed E-state index contributed by atoms with van der Waals surface area (Å²) < 4.78 is 5.72. The van der Waals surface area contributed by atoms with Crippen molar-refractivity contribution in [1.29, 1.82) is 0 Å². The van der Waals surface area contributed by atoms with E-state index in [4.69, 9.17) is 22.1 Å². The van der Waals surface area contributed by atoms with Crippen LogP contribution in [0, 0.1) is 0 Å². The standard InChI is InChI=1S/C15H23ClN2O/c1-18(13-8-6-12(17)7-9-13)10-11-19-15-5-3-2-4-14(15)16/h2-5,12-13H,6-11,17H2,1H3. The van der Waals surface area contributed by atoms with Crippen LogP contribution in [-0.4, -0.2) is 37.2 Å². The summed E-state index contributed by atoms with van der Waals surface area (Å²) in [5.41, 5.74) is 5.93. The quantitative estimate of drug-likeness (QED) is 0.902. The van der Waals surface area contributed by atoms with E-state index in [0.29, 0.717) is 23.7 Å². The normalized spacial score (nSPS) is 23.6. The second-order valence-electron chi connectivity index (χ2n) is 5.33. The van der Waals surface area contributed by atoms with Crippen molar-refractivity contribution in [3.63, 3.8) is 0 Å². The largest absolute Gasteiger partial charge is 0.491 e. The van der Waals surface area contributed by atoms with Crippen LogP contribution < -0.4 is 10.5 Å². The molecule has 19 heavy (non-hydrogen) atoms. The van der Waals surface area contributed by atoms with Crippen molar-refractivity contribution < 1.29 is 4.74 Å². The highest BCUT2D eigenvalue weighted by Gasteiger charge is 2.21. The number of rotatable bonds is 5. The van der Waals surface area contributed by atoms with Crippen LogP contribution in [0.25, 0.3) is 0 Å². The minimum Gasteiger partial charge on any atom is -0.491 e. The molecular weight excluding hydrogens is 260 g/mol. The van der Waals surface area contributed by atoms with Crippen LogP contribution in [0.15, 0.2) is 24.3 Å². The van der Waals surface area contributed by atoms with Gasteiger partial charge in [-0.25, -0.2) is 0 Å².